The fourth-order valence-corrected chi connectivity index (χ4v) is 0.298. The van der Waals surface area contributed by atoms with Crippen LogP contribution in [0.1, 0.15) is 13.8 Å². The third kappa shape index (κ3) is 25.2. The molecule has 6 heteroatoms. The zero-order chi connectivity index (χ0) is 8.57. The molecule has 58 valence electrons. The maximum atomic E-state index is 8.20. The fourth-order valence-electron chi connectivity index (χ4n) is 0.298. The molecule has 0 aromatic heterocycles. The van der Waals surface area contributed by atoms with Crippen LogP contribution in [0.3, 0.4) is 0 Å². The fraction of sp³-hybridized carbons (Fsp3) is 0.500. The van der Waals surface area contributed by atoms with Crippen LogP contribution in [-0.2, 0) is 0 Å². The Bertz CT molecular complexity index is 89.3. The number of rotatable bonds is 1. The molecule has 4 nitrogen and oxygen atoms in total. The van der Waals surface area contributed by atoms with Crippen molar-refractivity contribution in [3.05, 3.63) is 11.5 Å². The van der Waals surface area contributed by atoms with Gasteiger partial charge in [0.05, 0.1) is 0 Å². The number of hydrogen-bond donors (Lipinski definition) is 4. The minimum Gasteiger partial charge on any atom is -0.430 e. The molecular weight excluding hydrogens is 134 g/mol. The van der Waals surface area contributed by atoms with Crippen molar-refractivity contribution in [2.75, 3.05) is 0 Å². The van der Waals surface area contributed by atoms with Gasteiger partial charge in [0.25, 0.3) is 0 Å². The van der Waals surface area contributed by atoms with E-state index in [1.54, 1.807) is 13.8 Å². The predicted octanol–water partition coefficient (Wildman–Crippen LogP) is -1.80. The molecule has 0 fully saturated rings. The summed E-state index contributed by atoms with van der Waals surface area (Å²) in [6, 6.07) is 0. The lowest BCUT2D eigenvalue weighted by molar-refractivity contribution is 0.423. The van der Waals surface area contributed by atoms with Crippen LogP contribution in [0, 0.1) is 0 Å². The highest BCUT2D eigenvalue weighted by Gasteiger charge is 1.97. The van der Waals surface area contributed by atoms with Crippen molar-refractivity contribution in [3.8, 4) is 0 Å². The summed E-state index contributed by atoms with van der Waals surface area (Å²) in [5.41, 5.74) is 0.912. The molecule has 4 N–H and O–H groups in total. The summed E-state index contributed by atoms with van der Waals surface area (Å²) in [5, 5.41) is 30.7. The van der Waals surface area contributed by atoms with Gasteiger partial charge in [-0.05, 0) is 13.8 Å². The van der Waals surface area contributed by atoms with Crippen molar-refractivity contribution in [3.63, 3.8) is 0 Å². The maximum Gasteiger partial charge on any atom is 0.480 e. The minimum atomic E-state index is -1.29. The van der Waals surface area contributed by atoms with Gasteiger partial charge in [0.15, 0.2) is 0 Å². The first-order valence-corrected chi connectivity index (χ1v) is 2.77. The van der Waals surface area contributed by atoms with Gasteiger partial charge < -0.3 is 20.1 Å². The lowest BCUT2D eigenvalue weighted by Crippen LogP contribution is -2.06. The highest BCUT2D eigenvalue weighted by Crippen LogP contribution is 1.86. The summed E-state index contributed by atoms with van der Waals surface area (Å²) in [6.07, 6.45) is 0. The van der Waals surface area contributed by atoms with E-state index < -0.39 is 14.8 Å². The van der Waals surface area contributed by atoms with E-state index in [4.69, 9.17) is 20.1 Å². The Balaban J connectivity index is 0. The van der Waals surface area contributed by atoms with Crippen LogP contribution in [0.15, 0.2) is 11.5 Å². The van der Waals surface area contributed by atoms with Gasteiger partial charge in [-0.1, -0.05) is 11.5 Å². The summed E-state index contributed by atoms with van der Waals surface area (Å²) in [7, 11) is -2.04. The van der Waals surface area contributed by atoms with Gasteiger partial charge in [-0.3, -0.25) is 0 Å². The standard InChI is InChI=1S/C4H9BO2.BH3O2/c1-4(2)3-5(6)7;2-1-3/h3,6-7H,1-2H3;1-3H. The molecule has 0 aromatic rings. The van der Waals surface area contributed by atoms with E-state index >= 15 is 0 Å². The quantitative estimate of drug-likeness (QED) is 0.329. The van der Waals surface area contributed by atoms with Crippen LogP contribution in [-0.4, -0.2) is 34.9 Å². The molecular formula is C4H12B2O4. The van der Waals surface area contributed by atoms with Gasteiger partial charge >= 0.3 is 14.8 Å². The SMILES string of the molecule is CC(C)=CB(O)O.OBO. The average Bonchev–Trinajstić information content (AvgIpc) is 1.62. The molecule has 0 amide bonds. The van der Waals surface area contributed by atoms with Gasteiger partial charge in [0.2, 0.25) is 0 Å². The Kier molecular flexibility index (Phi) is 10.8. The molecule has 0 aromatic carbocycles. The average molecular weight is 146 g/mol. The Morgan fingerprint density at radius 1 is 1.30 bits per heavy atom. The smallest absolute Gasteiger partial charge is 0.430 e. The monoisotopic (exact) mass is 146 g/mol. The van der Waals surface area contributed by atoms with Crippen LogP contribution in [0.4, 0.5) is 0 Å². The second kappa shape index (κ2) is 8.71. The molecule has 0 bridgehead atoms. The molecule has 0 aliphatic heterocycles. The Morgan fingerprint density at radius 3 is 1.60 bits per heavy atom. The first kappa shape index (κ1) is 12.4. The molecule has 0 atom stereocenters. The number of hydrogen-bond acceptors (Lipinski definition) is 4. The molecule has 0 radical (unpaired) electrons. The minimum absolute atomic E-state index is 0.750. The summed E-state index contributed by atoms with van der Waals surface area (Å²) >= 11 is 0. The first-order valence-electron chi connectivity index (χ1n) is 2.77. The highest BCUT2D eigenvalue weighted by molar-refractivity contribution is 6.47. The maximum absolute atomic E-state index is 8.20. The van der Waals surface area contributed by atoms with E-state index in [1.165, 1.54) is 5.98 Å². The van der Waals surface area contributed by atoms with Gasteiger partial charge in [0.1, 0.15) is 0 Å². The van der Waals surface area contributed by atoms with Gasteiger partial charge in [0, 0.05) is 0 Å². The van der Waals surface area contributed by atoms with Crippen LogP contribution < -0.4 is 0 Å². The normalized spacial score (nSPS) is 7.00. The lowest BCUT2D eigenvalue weighted by Gasteiger charge is -1.86. The van der Waals surface area contributed by atoms with Crippen molar-refractivity contribution in [2.45, 2.75) is 13.8 Å². The van der Waals surface area contributed by atoms with Crippen LogP contribution in [0.25, 0.3) is 0 Å². The summed E-state index contributed by atoms with van der Waals surface area (Å²) in [4.78, 5) is 0. The van der Waals surface area contributed by atoms with Crippen LogP contribution >= 0.6 is 0 Å². The zero-order valence-corrected chi connectivity index (χ0v) is 6.15. The molecule has 0 rings (SSSR count). The first-order chi connectivity index (χ1) is 4.54. The molecule has 0 saturated carbocycles. The Labute approximate surface area is 61.3 Å². The van der Waals surface area contributed by atoms with Gasteiger partial charge in [-0.15, -0.1) is 0 Å². The molecule has 0 aliphatic carbocycles. The van der Waals surface area contributed by atoms with Gasteiger partial charge in [-0.25, -0.2) is 0 Å². The van der Waals surface area contributed by atoms with Crippen molar-refractivity contribution >= 4 is 14.8 Å². The van der Waals surface area contributed by atoms with E-state index in [0.29, 0.717) is 0 Å². The van der Waals surface area contributed by atoms with Crippen LogP contribution in [0.5, 0.6) is 0 Å². The molecule has 0 saturated heterocycles. The largest absolute Gasteiger partial charge is 0.480 e. The van der Waals surface area contributed by atoms with Gasteiger partial charge in [-0.2, -0.15) is 0 Å². The molecule has 0 aliphatic rings. The van der Waals surface area contributed by atoms with E-state index in [1.807, 2.05) is 0 Å². The van der Waals surface area contributed by atoms with Crippen molar-refractivity contribution in [1.29, 1.82) is 0 Å². The lowest BCUT2D eigenvalue weighted by atomic mass is 9.89. The van der Waals surface area contributed by atoms with E-state index in [2.05, 4.69) is 0 Å². The molecule has 0 heterocycles. The van der Waals surface area contributed by atoms with Crippen molar-refractivity contribution < 1.29 is 20.1 Å². The highest BCUT2D eigenvalue weighted by atomic mass is 16.4. The molecule has 10 heavy (non-hydrogen) atoms. The van der Waals surface area contributed by atoms with E-state index in [0.717, 1.165) is 5.57 Å². The third-order valence-electron chi connectivity index (χ3n) is 0.482. The second-order valence-electron chi connectivity index (χ2n) is 1.80. The van der Waals surface area contributed by atoms with Crippen molar-refractivity contribution in [2.24, 2.45) is 0 Å². The predicted molar refractivity (Wildman–Crippen MR) is 41.2 cm³/mol. The summed E-state index contributed by atoms with van der Waals surface area (Å²) < 4.78 is 0. The third-order valence-corrected chi connectivity index (χ3v) is 0.482. The molecule has 0 spiro atoms. The summed E-state index contributed by atoms with van der Waals surface area (Å²) in [6.45, 7) is 3.61. The zero-order valence-electron chi connectivity index (χ0n) is 6.15. The van der Waals surface area contributed by atoms with Crippen LogP contribution in [0.2, 0.25) is 0 Å². The van der Waals surface area contributed by atoms with Crippen molar-refractivity contribution in [1.82, 2.24) is 0 Å². The van der Waals surface area contributed by atoms with E-state index in [9.17, 15) is 0 Å². The summed E-state index contributed by atoms with van der Waals surface area (Å²) in [5.74, 6) is 1.36. The van der Waals surface area contributed by atoms with E-state index in [-0.39, 0.29) is 0 Å². The Morgan fingerprint density at radius 2 is 1.60 bits per heavy atom. The Hall–Kier alpha value is -0.290. The second-order valence-corrected chi connectivity index (χ2v) is 1.80. The number of allylic oxidation sites excluding steroid dienone is 1. The topological polar surface area (TPSA) is 80.9 Å². The molecule has 0 unspecified atom stereocenters.